The molecular formula is C15H13FN2O. The lowest BCUT2D eigenvalue weighted by Gasteiger charge is -2.07. The van der Waals surface area contributed by atoms with Gasteiger partial charge in [0.25, 0.3) is 0 Å². The van der Waals surface area contributed by atoms with Gasteiger partial charge >= 0.3 is 0 Å². The van der Waals surface area contributed by atoms with E-state index in [4.69, 9.17) is 10.00 Å². The van der Waals surface area contributed by atoms with Crippen molar-refractivity contribution in [1.29, 1.82) is 5.26 Å². The van der Waals surface area contributed by atoms with Gasteiger partial charge in [-0.1, -0.05) is 6.07 Å². The molecule has 0 amide bonds. The number of anilines is 1. The Labute approximate surface area is 111 Å². The third-order valence-electron chi connectivity index (χ3n) is 2.70. The highest BCUT2D eigenvalue weighted by Crippen LogP contribution is 2.17. The minimum absolute atomic E-state index is 0.0339. The molecular weight excluding hydrogens is 243 g/mol. The van der Waals surface area contributed by atoms with Crippen molar-refractivity contribution in [2.45, 2.75) is 6.61 Å². The van der Waals surface area contributed by atoms with Crippen molar-refractivity contribution in [3.05, 3.63) is 59.4 Å². The highest BCUT2D eigenvalue weighted by atomic mass is 19.1. The zero-order chi connectivity index (χ0) is 13.7. The minimum atomic E-state index is -0.510. The summed E-state index contributed by atoms with van der Waals surface area (Å²) in [6, 6.07) is 13.7. The zero-order valence-electron chi connectivity index (χ0n) is 10.5. The third-order valence-corrected chi connectivity index (χ3v) is 2.70. The lowest BCUT2D eigenvalue weighted by atomic mass is 10.1. The number of rotatable bonds is 4. The second-order valence-corrected chi connectivity index (χ2v) is 3.99. The first kappa shape index (κ1) is 12.9. The number of nitrogens with one attached hydrogen (secondary N) is 1. The van der Waals surface area contributed by atoms with E-state index >= 15 is 0 Å². The van der Waals surface area contributed by atoms with Crippen molar-refractivity contribution < 1.29 is 9.13 Å². The summed E-state index contributed by atoms with van der Waals surface area (Å²) >= 11 is 0. The largest absolute Gasteiger partial charge is 0.489 e. The molecule has 0 saturated carbocycles. The van der Waals surface area contributed by atoms with Gasteiger partial charge in [-0.2, -0.15) is 5.26 Å². The summed E-state index contributed by atoms with van der Waals surface area (Å²) in [5.74, 6) is 0.214. The molecule has 96 valence electrons. The monoisotopic (exact) mass is 256 g/mol. The van der Waals surface area contributed by atoms with Gasteiger partial charge in [0.15, 0.2) is 0 Å². The molecule has 0 aliphatic heterocycles. The van der Waals surface area contributed by atoms with E-state index in [-0.39, 0.29) is 5.56 Å². The normalized spacial score (nSPS) is 9.74. The Morgan fingerprint density at radius 1 is 1.21 bits per heavy atom. The average molecular weight is 256 g/mol. The van der Waals surface area contributed by atoms with E-state index in [1.54, 1.807) is 6.07 Å². The van der Waals surface area contributed by atoms with Gasteiger partial charge in [-0.15, -0.1) is 0 Å². The van der Waals surface area contributed by atoms with Crippen molar-refractivity contribution in [2.24, 2.45) is 0 Å². The Morgan fingerprint density at radius 3 is 2.58 bits per heavy atom. The van der Waals surface area contributed by atoms with E-state index in [2.05, 4.69) is 5.32 Å². The maximum Gasteiger partial charge on any atom is 0.140 e. The van der Waals surface area contributed by atoms with E-state index < -0.39 is 5.82 Å². The average Bonchev–Trinajstić information content (AvgIpc) is 2.47. The molecule has 2 rings (SSSR count). The van der Waals surface area contributed by atoms with Crippen molar-refractivity contribution in [3.63, 3.8) is 0 Å². The molecule has 0 bridgehead atoms. The van der Waals surface area contributed by atoms with Gasteiger partial charge in [0, 0.05) is 12.7 Å². The molecule has 19 heavy (non-hydrogen) atoms. The van der Waals surface area contributed by atoms with Crippen molar-refractivity contribution >= 4 is 5.69 Å². The van der Waals surface area contributed by atoms with Crippen LogP contribution >= 0.6 is 0 Å². The number of nitriles is 1. The zero-order valence-corrected chi connectivity index (χ0v) is 10.5. The summed E-state index contributed by atoms with van der Waals surface area (Å²) in [6.07, 6.45) is 0. The Hall–Kier alpha value is -2.54. The molecule has 2 aromatic rings. The van der Waals surface area contributed by atoms with Gasteiger partial charge in [0.05, 0.1) is 5.56 Å². The van der Waals surface area contributed by atoms with E-state index in [1.165, 1.54) is 12.1 Å². The first-order valence-electron chi connectivity index (χ1n) is 5.82. The molecule has 4 heteroatoms. The van der Waals surface area contributed by atoms with Crippen LogP contribution in [0.2, 0.25) is 0 Å². The maximum atomic E-state index is 13.1. The lowest BCUT2D eigenvalue weighted by Crippen LogP contribution is -1.97. The SMILES string of the molecule is CNc1ccc(OCc2ccc(F)c(C#N)c2)cc1. The number of benzene rings is 2. The molecule has 0 atom stereocenters. The minimum Gasteiger partial charge on any atom is -0.489 e. The molecule has 3 nitrogen and oxygen atoms in total. The number of halogens is 1. The summed E-state index contributed by atoms with van der Waals surface area (Å²) in [7, 11) is 1.85. The predicted molar refractivity (Wildman–Crippen MR) is 71.4 cm³/mol. The summed E-state index contributed by atoms with van der Waals surface area (Å²) in [4.78, 5) is 0. The fraction of sp³-hybridized carbons (Fsp3) is 0.133. The third kappa shape index (κ3) is 3.23. The van der Waals surface area contributed by atoms with Crippen molar-refractivity contribution in [1.82, 2.24) is 0 Å². The second kappa shape index (κ2) is 5.87. The standard InChI is InChI=1S/C15H13FN2O/c1-18-13-3-5-14(6-4-13)19-10-11-2-7-15(16)12(8-11)9-17/h2-8,18H,10H2,1H3. The van der Waals surface area contributed by atoms with Gasteiger partial charge < -0.3 is 10.1 Å². The number of ether oxygens (including phenoxy) is 1. The van der Waals surface area contributed by atoms with Crippen LogP contribution in [-0.4, -0.2) is 7.05 Å². The fourth-order valence-corrected chi connectivity index (χ4v) is 1.63. The summed E-state index contributed by atoms with van der Waals surface area (Å²) in [6.45, 7) is 0.299. The molecule has 1 N–H and O–H groups in total. The van der Waals surface area contributed by atoms with Crippen LogP contribution in [0.4, 0.5) is 10.1 Å². The van der Waals surface area contributed by atoms with Crippen molar-refractivity contribution in [3.8, 4) is 11.8 Å². The number of nitrogens with zero attached hydrogens (tertiary/aromatic N) is 1. The second-order valence-electron chi connectivity index (χ2n) is 3.99. The van der Waals surface area contributed by atoms with Crippen LogP contribution in [-0.2, 0) is 6.61 Å². The van der Waals surface area contributed by atoms with Crippen LogP contribution in [0, 0.1) is 17.1 Å². The quantitative estimate of drug-likeness (QED) is 0.912. The number of hydrogen-bond acceptors (Lipinski definition) is 3. The van der Waals surface area contributed by atoms with Gasteiger partial charge in [-0.3, -0.25) is 0 Å². The molecule has 2 aromatic carbocycles. The van der Waals surface area contributed by atoms with E-state index in [9.17, 15) is 4.39 Å². The predicted octanol–water partition coefficient (Wildman–Crippen LogP) is 3.32. The molecule has 0 radical (unpaired) electrons. The van der Waals surface area contributed by atoms with Crippen LogP contribution in [0.5, 0.6) is 5.75 Å². The summed E-state index contributed by atoms with van der Waals surface area (Å²) in [5.41, 5.74) is 1.79. The van der Waals surface area contributed by atoms with E-state index in [0.717, 1.165) is 17.0 Å². The lowest BCUT2D eigenvalue weighted by molar-refractivity contribution is 0.306. The van der Waals surface area contributed by atoms with Gasteiger partial charge in [-0.25, -0.2) is 4.39 Å². The molecule has 0 heterocycles. The Bertz CT molecular complexity index is 603. The maximum absolute atomic E-state index is 13.1. The van der Waals surface area contributed by atoms with Gasteiger partial charge in [0.1, 0.15) is 24.2 Å². The highest BCUT2D eigenvalue weighted by molar-refractivity contribution is 5.45. The van der Waals surface area contributed by atoms with Crippen LogP contribution in [0.3, 0.4) is 0 Å². The highest BCUT2D eigenvalue weighted by Gasteiger charge is 2.03. The van der Waals surface area contributed by atoms with Crippen LogP contribution in [0.1, 0.15) is 11.1 Å². The number of hydrogen-bond donors (Lipinski definition) is 1. The van der Waals surface area contributed by atoms with Crippen LogP contribution < -0.4 is 10.1 Å². The fourth-order valence-electron chi connectivity index (χ4n) is 1.63. The molecule has 0 aromatic heterocycles. The molecule has 0 fully saturated rings. The molecule has 0 aliphatic rings. The molecule has 0 spiro atoms. The van der Waals surface area contributed by atoms with Gasteiger partial charge in [0.2, 0.25) is 0 Å². The molecule has 0 saturated heterocycles. The summed E-state index contributed by atoms with van der Waals surface area (Å²) in [5, 5.41) is 11.8. The Kier molecular flexibility index (Phi) is 3.99. The van der Waals surface area contributed by atoms with E-state index in [0.29, 0.717) is 6.61 Å². The molecule has 0 aliphatic carbocycles. The molecule has 0 unspecified atom stereocenters. The topological polar surface area (TPSA) is 45.0 Å². The Morgan fingerprint density at radius 2 is 1.95 bits per heavy atom. The smallest absolute Gasteiger partial charge is 0.140 e. The summed E-state index contributed by atoms with van der Waals surface area (Å²) < 4.78 is 18.7. The van der Waals surface area contributed by atoms with Crippen LogP contribution in [0.25, 0.3) is 0 Å². The van der Waals surface area contributed by atoms with Gasteiger partial charge in [-0.05, 0) is 42.0 Å². The van der Waals surface area contributed by atoms with E-state index in [1.807, 2.05) is 37.4 Å². The first-order valence-corrected chi connectivity index (χ1v) is 5.82. The Balaban J connectivity index is 2.04. The first-order chi connectivity index (χ1) is 9.22. The van der Waals surface area contributed by atoms with Crippen LogP contribution in [0.15, 0.2) is 42.5 Å². The van der Waals surface area contributed by atoms with Crippen molar-refractivity contribution in [2.75, 3.05) is 12.4 Å².